The number of hydrogen-bond acceptors (Lipinski definition) is 4. The van der Waals surface area contributed by atoms with E-state index in [1.54, 1.807) is 0 Å². The summed E-state index contributed by atoms with van der Waals surface area (Å²) in [6, 6.07) is 8.21. The van der Waals surface area contributed by atoms with Crippen molar-refractivity contribution in [2.45, 2.75) is 13.5 Å². The van der Waals surface area contributed by atoms with Gasteiger partial charge in [-0.1, -0.05) is 12.1 Å². The van der Waals surface area contributed by atoms with E-state index in [0.717, 1.165) is 22.5 Å². The van der Waals surface area contributed by atoms with Crippen LogP contribution in [0.4, 0.5) is 5.82 Å². The van der Waals surface area contributed by atoms with Crippen LogP contribution in [0.15, 0.2) is 30.5 Å². The smallest absolute Gasteiger partial charge is 0.147 e. The number of anilines is 1. The highest BCUT2D eigenvalue weighted by molar-refractivity contribution is 5.85. The summed E-state index contributed by atoms with van der Waals surface area (Å²) in [6.07, 6.45) is 2.02. The Morgan fingerprint density at radius 3 is 2.80 bits per heavy atom. The van der Waals surface area contributed by atoms with Gasteiger partial charge in [0, 0.05) is 24.3 Å². The lowest BCUT2D eigenvalue weighted by molar-refractivity contribution is 0.277. The van der Waals surface area contributed by atoms with E-state index >= 15 is 0 Å². The van der Waals surface area contributed by atoms with Crippen molar-refractivity contribution in [1.82, 2.24) is 14.5 Å². The minimum Gasteiger partial charge on any atom is -0.390 e. The molecule has 20 heavy (non-hydrogen) atoms. The molecule has 0 aliphatic carbocycles. The topological polar surface area (TPSA) is 77.0 Å². The van der Waals surface area contributed by atoms with Crippen molar-refractivity contribution in [2.75, 3.05) is 5.73 Å². The van der Waals surface area contributed by atoms with Crippen molar-refractivity contribution in [1.29, 1.82) is 0 Å². The van der Waals surface area contributed by atoms with Gasteiger partial charge in [-0.2, -0.15) is 0 Å². The summed E-state index contributed by atoms with van der Waals surface area (Å²) in [5.74, 6) is 0.286. The zero-order valence-corrected chi connectivity index (χ0v) is 11.5. The molecule has 0 saturated carbocycles. The molecule has 0 saturated heterocycles. The van der Waals surface area contributed by atoms with Crippen LogP contribution >= 0.6 is 0 Å². The van der Waals surface area contributed by atoms with E-state index in [4.69, 9.17) is 5.73 Å². The maximum Gasteiger partial charge on any atom is 0.147 e. The molecule has 3 N–H and O–H groups in total. The van der Waals surface area contributed by atoms with E-state index in [1.165, 1.54) is 5.39 Å². The van der Waals surface area contributed by atoms with Gasteiger partial charge in [0.15, 0.2) is 0 Å². The Bertz CT molecular complexity index is 792. The predicted octanol–water partition coefficient (Wildman–Crippen LogP) is 2.02. The molecule has 0 unspecified atom stereocenters. The average molecular weight is 268 g/mol. The fraction of sp³-hybridized carbons (Fsp3) is 0.200. The third-order valence-electron chi connectivity index (χ3n) is 3.48. The Kier molecular flexibility index (Phi) is 2.91. The highest BCUT2D eigenvalue weighted by atomic mass is 16.3. The highest BCUT2D eigenvalue weighted by Gasteiger charge is 2.11. The Hall–Kier alpha value is -2.40. The number of nitrogens with zero attached hydrogens (tertiary/aromatic N) is 3. The van der Waals surface area contributed by atoms with Gasteiger partial charge in [-0.3, -0.25) is 0 Å². The zero-order chi connectivity index (χ0) is 14.3. The van der Waals surface area contributed by atoms with Gasteiger partial charge in [0.2, 0.25) is 0 Å². The second kappa shape index (κ2) is 4.61. The minimum atomic E-state index is -0.210. The first kappa shape index (κ1) is 12.6. The fourth-order valence-corrected chi connectivity index (χ4v) is 2.37. The summed E-state index contributed by atoms with van der Waals surface area (Å²) in [7, 11) is 2.01. The molecule has 0 radical (unpaired) electrons. The van der Waals surface area contributed by atoms with Gasteiger partial charge in [0.05, 0.1) is 18.0 Å². The Balaban J connectivity index is 2.21. The monoisotopic (exact) mass is 268 g/mol. The maximum absolute atomic E-state index is 9.28. The Labute approximate surface area is 116 Å². The van der Waals surface area contributed by atoms with Crippen LogP contribution in [0.5, 0.6) is 0 Å². The third-order valence-corrected chi connectivity index (χ3v) is 3.48. The van der Waals surface area contributed by atoms with E-state index in [1.807, 2.05) is 26.2 Å². The molecular weight excluding hydrogens is 252 g/mol. The number of aliphatic hydroxyl groups excluding tert-OH is 1. The van der Waals surface area contributed by atoms with Crippen LogP contribution in [0.1, 0.15) is 11.4 Å². The van der Waals surface area contributed by atoms with Crippen molar-refractivity contribution < 1.29 is 5.11 Å². The first-order valence-corrected chi connectivity index (χ1v) is 6.39. The second-order valence-electron chi connectivity index (χ2n) is 4.85. The third kappa shape index (κ3) is 1.92. The van der Waals surface area contributed by atoms with Crippen molar-refractivity contribution in [2.24, 2.45) is 7.05 Å². The van der Waals surface area contributed by atoms with Crippen LogP contribution in [0.3, 0.4) is 0 Å². The van der Waals surface area contributed by atoms with Crippen LogP contribution in [0.25, 0.3) is 22.2 Å². The number of fused-ring (bicyclic) bond motifs is 1. The van der Waals surface area contributed by atoms with Crippen LogP contribution in [-0.4, -0.2) is 19.6 Å². The molecule has 3 rings (SSSR count). The first-order chi connectivity index (χ1) is 9.60. The lowest BCUT2D eigenvalue weighted by atomic mass is 10.1. The van der Waals surface area contributed by atoms with Gasteiger partial charge in [-0.15, -0.1) is 0 Å². The maximum atomic E-state index is 9.28. The molecule has 2 aromatic heterocycles. The van der Waals surface area contributed by atoms with Crippen LogP contribution in [-0.2, 0) is 13.7 Å². The summed E-state index contributed by atoms with van der Waals surface area (Å²) in [4.78, 5) is 8.69. The predicted molar refractivity (Wildman–Crippen MR) is 79.0 cm³/mol. The Morgan fingerprint density at radius 2 is 2.05 bits per heavy atom. The van der Waals surface area contributed by atoms with E-state index in [-0.39, 0.29) is 12.4 Å². The zero-order valence-electron chi connectivity index (χ0n) is 11.5. The number of rotatable bonds is 2. The van der Waals surface area contributed by atoms with Gasteiger partial charge >= 0.3 is 0 Å². The number of benzene rings is 1. The van der Waals surface area contributed by atoms with Gasteiger partial charge in [-0.25, -0.2) is 9.97 Å². The second-order valence-corrected chi connectivity index (χ2v) is 4.85. The molecule has 3 aromatic rings. The molecule has 0 fully saturated rings. The summed E-state index contributed by atoms with van der Waals surface area (Å²) < 4.78 is 2.06. The van der Waals surface area contributed by atoms with E-state index < -0.39 is 0 Å². The van der Waals surface area contributed by atoms with Crippen molar-refractivity contribution in [3.05, 3.63) is 41.9 Å². The molecule has 0 amide bonds. The molecule has 102 valence electrons. The molecule has 1 aromatic carbocycles. The number of hydrogen-bond donors (Lipinski definition) is 2. The Morgan fingerprint density at radius 1 is 1.25 bits per heavy atom. The van der Waals surface area contributed by atoms with Gasteiger partial charge in [0.25, 0.3) is 0 Å². The molecule has 0 aliphatic rings. The van der Waals surface area contributed by atoms with Crippen molar-refractivity contribution >= 4 is 16.7 Å². The average Bonchev–Trinajstić information content (AvgIpc) is 2.80. The quantitative estimate of drug-likeness (QED) is 0.745. The van der Waals surface area contributed by atoms with Crippen LogP contribution in [0, 0.1) is 6.92 Å². The molecule has 2 heterocycles. The van der Waals surface area contributed by atoms with Gasteiger partial charge < -0.3 is 15.4 Å². The van der Waals surface area contributed by atoms with Gasteiger partial charge in [-0.05, 0) is 24.4 Å². The number of nitrogen functional groups attached to an aromatic ring is 1. The largest absolute Gasteiger partial charge is 0.390 e. The fourth-order valence-electron chi connectivity index (χ4n) is 2.37. The highest BCUT2D eigenvalue weighted by Crippen LogP contribution is 2.26. The van der Waals surface area contributed by atoms with Gasteiger partial charge in [0.1, 0.15) is 11.5 Å². The van der Waals surface area contributed by atoms with Crippen molar-refractivity contribution in [3.8, 4) is 11.3 Å². The molecule has 5 heteroatoms. The standard InChI is InChI=1S/C15H16N4O/c1-9-14(18-12(8-20)15(16)17-9)11-4-3-10-5-6-19(2)13(10)7-11/h3-7,20H,8H2,1-2H3,(H2,16,17). The van der Waals surface area contributed by atoms with Crippen molar-refractivity contribution in [3.63, 3.8) is 0 Å². The first-order valence-electron chi connectivity index (χ1n) is 6.39. The number of aryl methyl sites for hydroxylation is 2. The molecule has 5 nitrogen and oxygen atoms in total. The summed E-state index contributed by atoms with van der Waals surface area (Å²) in [5, 5.41) is 10.5. The normalized spacial score (nSPS) is 11.2. The molecule has 0 bridgehead atoms. The molecular formula is C15H16N4O. The molecule has 0 aliphatic heterocycles. The summed E-state index contributed by atoms with van der Waals surface area (Å²) >= 11 is 0. The number of aromatic nitrogens is 3. The summed E-state index contributed by atoms with van der Waals surface area (Å²) in [5.41, 5.74) is 9.77. The van der Waals surface area contributed by atoms with E-state index in [2.05, 4.69) is 32.7 Å². The van der Waals surface area contributed by atoms with Crippen LogP contribution < -0.4 is 5.73 Å². The minimum absolute atomic E-state index is 0.210. The SMILES string of the molecule is Cc1nc(N)c(CO)nc1-c1ccc2ccn(C)c2c1. The van der Waals surface area contributed by atoms with E-state index in [0.29, 0.717) is 5.69 Å². The lowest BCUT2D eigenvalue weighted by Gasteiger charge is -2.09. The molecule has 0 atom stereocenters. The number of nitrogens with two attached hydrogens (primary N) is 1. The lowest BCUT2D eigenvalue weighted by Crippen LogP contribution is -2.05. The molecule has 0 spiro atoms. The van der Waals surface area contributed by atoms with E-state index in [9.17, 15) is 5.11 Å². The van der Waals surface area contributed by atoms with Crippen LogP contribution in [0.2, 0.25) is 0 Å². The number of aliphatic hydroxyl groups is 1. The summed E-state index contributed by atoms with van der Waals surface area (Å²) in [6.45, 7) is 1.66.